The molecule has 25 heavy (non-hydrogen) atoms. The van der Waals surface area contributed by atoms with Crippen LogP contribution in [0.15, 0.2) is 22.5 Å². The molecule has 2 atom stereocenters. The third kappa shape index (κ3) is 7.32. The van der Waals surface area contributed by atoms with Gasteiger partial charge in [0.25, 0.3) is 0 Å². The summed E-state index contributed by atoms with van der Waals surface area (Å²) in [7, 11) is 6.01. The number of guanidine groups is 1. The second-order valence-electron chi connectivity index (χ2n) is 6.44. The first-order chi connectivity index (χ1) is 12.2. The average molecular weight is 369 g/mol. The number of thiophene rings is 1. The molecular weight excluding hydrogens is 336 g/mol. The second kappa shape index (κ2) is 11.5. The molecule has 142 valence electrons. The van der Waals surface area contributed by atoms with Gasteiger partial charge >= 0.3 is 0 Å². The van der Waals surface area contributed by atoms with Crippen molar-refractivity contribution in [3.05, 3.63) is 22.4 Å². The number of hydrogen-bond acceptors (Lipinski definition) is 5. The summed E-state index contributed by atoms with van der Waals surface area (Å²) in [5.41, 5.74) is 0. The molecule has 1 aromatic heterocycles. The molecule has 1 aliphatic rings. The fourth-order valence-corrected chi connectivity index (χ4v) is 3.73. The first-order valence-electron chi connectivity index (χ1n) is 9.04. The molecule has 0 aromatic carbocycles. The third-order valence-corrected chi connectivity index (χ3v) is 5.24. The molecule has 0 amide bonds. The standard InChI is InChI=1S/C18H32N4O2S/c1-19-18(20-9-6-10-23-14-15-7-4-11-24-15)21-13-16(22(2)3)17-8-5-12-25-17/h5,8,12,15-16H,4,6-7,9-11,13-14H2,1-3H3,(H2,19,20,21). The molecule has 0 radical (unpaired) electrons. The van der Waals surface area contributed by atoms with E-state index >= 15 is 0 Å². The van der Waals surface area contributed by atoms with E-state index in [0.29, 0.717) is 12.1 Å². The van der Waals surface area contributed by atoms with Gasteiger partial charge in [0.05, 0.1) is 18.8 Å². The Hall–Kier alpha value is -1.15. The van der Waals surface area contributed by atoms with Gasteiger partial charge < -0.3 is 25.0 Å². The van der Waals surface area contributed by atoms with Gasteiger partial charge in [-0.05, 0) is 44.8 Å². The van der Waals surface area contributed by atoms with Crippen molar-refractivity contribution in [2.45, 2.75) is 31.4 Å². The van der Waals surface area contributed by atoms with Crippen molar-refractivity contribution < 1.29 is 9.47 Å². The molecule has 2 N–H and O–H groups in total. The molecule has 0 bridgehead atoms. The summed E-state index contributed by atoms with van der Waals surface area (Å²) < 4.78 is 11.2. The van der Waals surface area contributed by atoms with Gasteiger partial charge in [0, 0.05) is 38.2 Å². The predicted octanol–water partition coefficient (Wildman–Crippen LogP) is 2.10. The summed E-state index contributed by atoms with van der Waals surface area (Å²) >= 11 is 1.79. The van der Waals surface area contributed by atoms with Crippen molar-refractivity contribution in [3.63, 3.8) is 0 Å². The van der Waals surface area contributed by atoms with Gasteiger partial charge in [0.2, 0.25) is 0 Å². The highest BCUT2D eigenvalue weighted by atomic mass is 32.1. The lowest BCUT2D eigenvalue weighted by Gasteiger charge is -2.24. The van der Waals surface area contributed by atoms with Crippen LogP contribution in [-0.2, 0) is 9.47 Å². The SMILES string of the molecule is CN=C(NCCCOCC1CCCO1)NCC(c1cccs1)N(C)C. The van der Waals surface area contributed by atoms with E-state index in [1.165, 1.54) is 4.88 Å². The van der Waals surface area contributed by atoms with Crippen molar-refractivity contribution in [2.24, 2.45) is 4.99 Å². The van der Waals surface area contributed by atoms with Gasteiger partial charge in [0.1, 0.15) is 0 Å². The Bertz CT molecular complexity index is 487. The molecule has 2 unspecified atom stereocenters. The molecule has 6 nitrogen and oxygen atoms in total. The van der Waals surface area contributed by atoms with Gasteiger partial charge in [0.15, 0.2) is 5.96 Å². The smallest absolute Gasteiger partial charge is 0.191 e. The van der Waals surface area contributed by atoms with Crippen LogP contribution in [0.5, 0.6) is 0 Å². The summed E-state index contributed by atoms with van der Waals surface area (Å²) in [6.07, 6.45) is 3.56. The van der Waals surface area contributed by atoms with Gasteiger partial charge in [-0.2, -0.15) is 0 Å². The van der Waals surface area contributed by atoms with E-state index in [2.05, 4.69) is 52.1 Å². The summed E-state index contributed by atoms with van der Waals surface area (Å²) in [5.74, 6) is 0.836. The van der Waals surface area contributed by atoms with Crippen LogP contribution < -0.4 is 10.6 Å². The summed E-state index contributed by atoms with van der Waals surface area (Å²) in [6.45, 7) is 4.02. The Morgan fingerprint density at radius 1 is 1.48 bits per heavy atom. The minimum absolute atomic E-state index is 0.308. The molecule has 0 aliphatic carbocycles. The van der Waals surface area contributed by atoms with Gasteiger partial charge in [-0.3, -0.25) is 4.99 Å². The summed E-state index contributed by atoms with van der Waals surface area (Å²) in [6, 6.07) is 4.62. The molecule has 0 spiro atoms. The number of nitrogens with zero attached hydrogens (tertiary/aromatic N) is 2. The van der Waals surface area contributed by atoms with Crippen LogP contribution in [0.25, 0.3) is 0 Å². The van der Waals surface area contributed by atoms with Crippen molar-refractivity contribution in [3.8, 4) is 0 Å². The fourth-order valence-electron chi connectivity index (χ4n) is 2.80. The van der Waals surface area contributed by atoms with Crippen molar-refractivity contribution in [1.82, 2.24) is 15.5 Å². The normalized spacial score (nSPS) is 19.4. The number of hydrogen-bond donors (Lipinski definition) is 2. The Morgan fingerprint density at radius 3 is 3.00 bits per heavy atom. The van der Waals surface area contributed by atoms with Gasteiger partial charge in [-0.1, -0.05) is 6.07 Å². The molecule has 2 heterocycles. The highest BCUT2D eigenvalue weighted by Crippen LogP contribution is 2.22. The topological polar surface area (TPSA) is 58.1 Å². The molecule has 1 fully saturated rings. The molecular formula is C18H32N4O2S. The predicted molar refractivity (Wildman–Crippen MR) is 105 cm³/mol. The number of nitrogens with one attached hydrogen (secondary N) is 2. The zero-order valence-corrected chi connectivity index (χ0v) is 16.5. The Balaban J connectivity index is 1.59. The number of aliphatic imine (C=N–C) groups is 1. The zero-order valence-electron chi connectivity index (χ0n) is 15.7. The average Bonchev–Trinajstić information content (AvgIpc) is 3.29. The van der Waals surface area contributed by atoms with E-state index in [1.54, 1.807) is 18.4 Å². The Morgan fingerprint density at radius 2 is 2.36 bits per heavy atom. The van der Waals surface area contributed by atoms with Crippen LogP contribution in [-0.4, -0.2) is 71.0 Å². The highest BCUT2D eigenvalue weighted by molar-refractivity contribution is 7.10. The second-order valence-corrected chi connectivity index (χ2v) is 7.42. The van der Waals surface area contributed by atoms with Crippen LogP contribution in [0, 0.1) is 0 Å². The van der Waals surface area contributed by atoms with Gasteiger partial charge in [-0.25, -0.2) is 0 Å². The van der Waals surface area contributed by atoms with Gasteiger partial charge in [-0.15, -0.1) is 11.3 Å². The molecule has 7 heteroatoms. The van der Waals surface area contributed by atoms with E-state index in [1.807, 2.05) is 0 Å². The van der Waals surface area contributed by atoms with E-state index in [4.69, 9.17) is 9.47 Å². The minimum atomic E-state index is 0.308. The minimum Gasteiger partial charge on any atom is -0.379 e. The van der Waals surface area contributed by atoms with E-state index in [0.717, 1.165) is 58.1 Å². The first kappa shape index (κ1) is 20.2. The Kier molecular flexibility index (Phi) is 9.25. The van der Waals surface area contributed by atoms with Crippen LogP contribution in [0.1, 0.15) is 30.2 Å². The molecule has 0 saturated carbocycles. The summed E-state index contributed by atoms with van der Waals surface area (Å²) in [5, 5.41) is 8.89. The number of likely N-dealkylation sites (N-methyl/N-ethyl adjacent to an activating group) is 1. The molecule has 1 aromatic rings. The van der Waals surface area contributed by atoms with Crippen molar-refractivity contribution in [1.29, 1.82) is 0 Å². The van der Waals surface area contributed by atoms with E-state index in [9.17, 15) is 0 Å². The van der Waals surface area contributed by atoms with Crippen LogP contribution in [0.3, 0.4) is 0 Å². The van der Waals surface area contributed by atoms with E-state index in [-0.39, 0.29) is 0 Å². The quantitative estimate of drug-likeness (QED) is 0.376. The monoisotopic (exact) mass is 368 g/mol. The lowest BCUT2D eigenvalue weighted by Crippen LogP contribution is -2.42. The molecule has 1 saturated heterocycles. The maximum atomic E-state index is 5.68. The van der Waals surface area contributed by atoms with Crippen LogP contribution in [0.2, 0.25) is 0 Å². The fraction of sp³-hybridized carbons (Fsp3) is 0.722. The molecule has 2 rings (SSSR count). The maximum Gasteiger partial charge on any atom is 0.191 e. The third-order valence-electron chi connectivity index (χ3n) is 4.27. The number of rotatable bonds is 10. The van der Waals surface area contributed by atoms with Crippen LogP contribution >= 0.6 is 11.3 Å². The number of ether oxygens (including phenoxy) is 2. The van der Waals surface area contributed by atoms with E-state index < -0.39 is 0 Å². The first-order valence-corrected chi connectivity index (χ1v) is 9.92. The largest absolute Gasteiger partial charge is 0.379 e. The summed E-state index contributed by atoms with van der Waals surface area (Å²) in [4.78, 5) is 7.88. The zero-order chi connectivity index (χ0) is 17.9. The van der Waals surface area contributed by atoms with Crippen molar-refractivity contribution >= 4 is 17.3 Å². The maximum absolute atomic E-state index is 5.68. The lowest BCUT2D eigenvalue weighted by atomic mass is 10.2. The lowest BCUT2D eigenvalue weighted by molar-refractivity contribution is 0.0168. The Labute approximate surface area is 155 Å². The highest BCUT2D eigenvalue weighted by Gasteiger charge is 2.16. The van der Waals surface area contributed by atoms with Crippen LogP contribution in [0.4, 0.5) is 0 Å². The van der Waals surface area contributed by atoms with Crippen molar-refractivity contribution in [2.75, 3.05) is 54.1 Å². The molecule has 1 aliphatic heterocycles.